The third kappa shape index (κ3) is 4.23. The van der Waals surface area contributed by atoms with E-state index < -0.39 is 21.8 Å². The molecule has 11 heteroatoms. The predicted molar refractivity (Wildman–Crippen MR) is 85.1 cm³/mol. The van der Waals surface area contributed by atoms with E-state index in [0.29, 0.717) is 15.5 Å². The second-order valence-electron chi connectivity index (χ2n) is 5.07. The van der Waals surface area contributed by atoms with Crippen LogP contribution in [0.4, 0.5) is 18.9 Å². The summed E-state index contributed by atoms with van der Waals surface area (Å²) in [6.45, 7) is 0. The fourth-order valence-electron chi connectivity index (χ4n) is 1.94. The number of alkyl halides is 3. The molecule has 3 rings (SSSR count). The number of thiazole rings is 1. The van der Waals surface area contributed by atoms with Gasteiger partial charge in [0.15, 0.2) is 5.82 Å². The number of rotatable bonds is 4. The third-order valence-electron chi connectivity index (χ3n) is 3.07. The maximum absolute atomic E-state index is 12.6. The summed E-state index contributed by atoms with van der Waals surface area (Å²) in [6, 6.07) is 6.57. The molecule has 0 saturated heterocycles. The zero-order valence-electron chi connectivity index (χ0n) is 12.7. The molecule has 0 N–H and O–H groups in total. The van der Waals surface area contributed by atoms with Crippen molar-refractivity contribution in [3.8, 4) is 0 Å². The Morgan fingerprint density at radius 1 is 1.28 bits per heavy atom. The van der Waals surface area contributed by atoms with E-state index in [4.69, 9.17) is 0 Å². The molecule has 1 unspecified atom stereocenters. The van der Waals surface area contributed by atoms with Crippen molar-refractivity contribution in [2.75, 3.05) is 6.26 Å². The van der Waals surface area contributed by atoms with Gasteiger partial charge in [-0.3, -0.25) is 4.98 Å². The fraction of sp³-hybridized carbons (Fsp3) is 0.214. The number of hydrogen-bond donors (Lipinski definition) is 0. The third-order valence-corrected chi connectivity index (χ3v) is 6.26. The molecule has 0 amide bonds. The highest BCUT2D eigenvalue weighted by atomic mass is 32.2. The molecular weight excluding hydrogens is 377 g/mol. The van der Waals surface area contributed by atoms with Gasteiger partial charge in [0.25, 0.3) is 0 Å². The molecule has 0 aliphatic carbocycles. The smallest absolute Gasteiger partial charge is 0.329 e. The van der Waals surface area contributed by atoms with Crippen LogP contribution in [0.2, 0.25) is 0 Å². The lowest BCUT2D eigenvalue weighted by molar-refractivity contribution is -0.159. The van der Waals surface area contributed by atoms with Crippen LogP contribution in [0.1, 0.15) is 17.3 Å². The van der Waals surface area contributed by atoms with E-state index in [9.17, 15) is 17.4 Å². The number of halogens is 3. The van der Waals surface area contributed by atoms with Crippen molar-refractivity contribution in [2.45, 2.75) is 16.8 Å². The van der Waals surface area contributed by atoms with Gasteiger partial charge in [0, 0.05) is 12.7 Å². The van der Waals surface area contributed by atoms with Crippen LogP contribution >= 0.6 is 11.3 Å². The summed E-state index contributed by atoms with van der Waals surface area (Å²) in [6.07, 6.45) is -1.55. The Morgan fingerprint density at radius 2 is 2.00 bits per heavy atom. The van der Waals surface area contributed by atoms with Gasteiger partial charge in [-0.05, 0) is 17.7 Å². The quantitative estimate of drug-likeness (QED) is 0.677. The van der Waals surface area contributed by atoms with Crippen LogP contribution in [0, 0.1) is 0 Å². The Balaban J connectivity index is 1.77. The van der Waals surface area contributed by atoms with Crippen molar-refractivity contribution < 1.29 is 21.9 Å². The van der Waals surface area contributed by atoms with E-state index in [0.717, 1.165) is 0 Å². The maximum Gasteiger partial charge on any atom is 0.471 e. The number of hydrogen-bond acceptors (Lipinski definition) is 7. The van der Waals surface area contributed by atoms with Crippen molar-refractivity contribution in [1.82, 2.24) is 15.1 Å². The average molecular weight is 388 g/mol. The van der Waals surface area contributed by atoms with E-state index in [1.807, 2.05) is 0 Å². The molecule has 132 valence electrons. The second kappa shape index (κ2) is 6.56. The van der Waals surface area contributed by atoms with Crippen LogP contribution in [0.5, 0.6) is 0 Å². The summed E-state index contributed by atoms with van der Waals surface area (Å²) in [5.41, 5.74) is 2.75. The van der Waals surface area contributed by atoms with Crippen molar-refractivity contribution in [2.24, 2.45) is 4.36 Å². The zero-order valence-corrected chi connectivity index (χ0v) is 14.4. The minimum atomic E-state index is -4.66. The molecular formula is C14H11F3N4O2S2. The van der Waals surface area contributed by atoms with Crippen LogP contribution in [-0.2, 0) is 22.3 Å². The van der Waals surface area contributed by atoms with E-state index >= 15 is 0 Å². The number of benzene rings is 1. The first-order valence-corrected chi connectivity index (χ1v) is 9.64. The summed E-state index contributed by atoms with van der Waals surface area (Å²) in [5, 5.41) is 3.31. The van der Waals surface area contributed by atoms with Gasteiger partial charge in [-0.15, -0.1) is 11.3 Å². The van der Waals surface area contributed by atoms with Crippen molar-refractivity contribution >= 4 is 26.8 Å². The first kappa shape index (κ1) is 17.5. The second-order valence-corrected chi connectivity index (χ2v) is 8.44. The van der Waals surface area contributed by atoms with Gasteiger partial charge >= 0.3 is 12.1 Å². The highest BCUT2D eigenvalue weighted by Gasteiger charge is 2.38. The molecule has 0 radical (unpaired) electrons. The lowest BCUT2D eigenvalue weighted by Crippen LogP contribution is -2.05. The molecule has 0 fully saturated rings. The van der Waals surface area contributed by atoms with Crippen molar-refractivity contribution in [3.63, 3.8) is 0 Å². The predicted octanol–water partition coefficient (Wildman–Crippen LogP) is 3.92. The molecule has 25 heavy (non-hydrogen) atoms. The SMILES string of the molecule is CS(=O)(=Nc1ccc(Cc2noc(C(F)(F)F)n2)cc1)c1cncs1. The van der Waals surface area contributed by atoms with Crippen LogP contribution in [0.15, 0.2) is 49.1 Å². The molecule has 0 aliphatic heterocycles. The molecule has 3 aromatic rings. The Bertz CT molecular complexity index is 972. The molecule has 2 aromatic heterocycles. The van der Waals surface area contributed by atoms with Crippen molar-refractivity contribution in [3.05, 3.63) is 53.3 Å². The minimum absolute atomic E-state index is 0.0686. The molecule has 0 spiro atoms. The lowest BCUT2D eigenvalue weighted by atomic mass is 10.1. The fourth-order valence-corrected chi connectivity index (χ4v) is 4.11. The summed E-state index contributed by atoms with van der Waals surface area (Å²) in [5.74, 6) is -1.44. The zero-order chi connectivity index (χ0) is 18.1. The van der Waals surface area contributed by atoms with Crippen LogP contribution in [0.25, 0.3) is 0 Å². The van der Waals surface area contributed by atoms with Gasteiger partial charge in [0.1, 0.15) is 4.21 Å². The molecule has 0 bridgehead atoms. The molecule has 1 atom stereocenters. The largest absolute Gasteiger partial charge is 0.471 e. The van der Waals surface area contributed by atoms with E-state index in [1.54, 1.807) is 29.8 Å². The number of nitrogens with zero attached hydrogens (tertiary/aromatic N) is 4. The van der Waals surface area contributed by atoms with E-state index in [2.05, 4.69) is 24.0 Å². The number of aromatic nitrogens is 3. The Labute approximate surface area is 144 Å². The molecule has 0 saturated carbocycles. The Hall–Kier alpha value is -2.27. The van der Waals surface area contributed by atoms with Crippen LogP contribution in [0.3, 0.4) is 0 Å². The summed E-state index contributed by atoms with van der Waals surface area (Å²) in [4.78, 5) is 7.20. The van der Waals surface area contributed by atoms with Crippen LogP contribution < -0.4 is 0 Å². The van der Waals surface area contributed by atoms with Gasteiger partial charge in [-0.1, -0.05) is 17.3 Å². The van der Waals surface area contributed by atoms with Crippen molar-refractivity contribution in [1.29, 1.82) is 0 Å². The highest BCUT2D eigenvalue weighted by Crippen LogP contribution is 2.28. The van der Waals surface area contributed by atoms with Gasteiger partial charge in [0.2, 0.25) is 0 Å². The first-order valence-electron chi connectivity index (χ1n) is 6.83. The average Bonchev–Trinajstić information content (AvgIpc) is 3.19. The molecule has 2 heterocycles. The summed E-state index contributed by atoms with van der Waals surface area (Å²) in [7, 11) is -2.59. The molecule has 1 aromatic carbocycles. The first-order chi connectivity index (χ1) is 11.7. The van der Waals surface area contributed by atoms with Gasteiger partial charge < -0.3 is 4.52 Å². The van der Waals surface area contributed by atoms with Gasteiger partial charge in [0.05, 0.1) is 27.1 Å². The Morgan fingerprint density at radius 3 is 2.56 bits per heavy atom. The summed E-state index contributed by atoms with van der Waals surface area (Å²) < 4.78 is 58.8. The monoisotopic (exact) mass is 388 g/mol. The molecule has 6 nitrogen and oxygen atoms in total. The lowest BCUT2D eigenvalue weighted by Gasteiger charge is -2.02. The topological polar surface area (TPSA) is 81.2 Å². The standard InChI is InChI=1S/C14H11F3N4O2S2/c1-25(22,12-7-18-8-24-12)21-10-4-2-9(3-5-10)6-11-19-13(23-20-11)14(15,16)17/h2-5,7-8H,6H2,1H3. The van der Waals surface area contributed by atoms with Crippen LogP contribution in [-0.4, -0.2) is 25.6 Å². The minimum Gasteiger partial charge on any atom is -0.329 e. The maximum atomic E-state index is 12.6. The summed E-state index contributed by atoms with van der Waals surface area (Å²) >= 11 is 1.26. The van der Waals surface area contributed by atoms with Gasteiger partial charge in [-0.2, -0.15) is 22.5 Å². The Kier molecular flexibility index (Phi) is 4.60. The van der Waals surface area contributed by atoms with E-state index in [1.165, 1.54) is 23.8 Å². The van der Waals surface area contributed by atoms with E-state index in [-0.39, 0.29) is 12.2 Å². The normalized spacial score (nSPS) is 14.2. The highest BCUT2D eigenvalue weighted by molar-refractivity contribution is 7.95. The molecule has 0 aliphatic rings. The van der Waals surface area contributed by atoms with Gasteiger partial charge in [-0.25, -0.2) is 4.21 Å².